The summed E-state index contributed by atoms with van der Waals surface area (Å²) < 4.78 is 27.4. The average molecular weight is 256 g/mol. The highest BCUT2D eigenvalue weighted by atomic mass is 19.3. The first-order valence-electron chi connectivity index (χ1n) is 6.16. The van der Waals surface area contributed by atoms with E-state index in [-0.39, 0.29) is 12.0 Å². The van der Waals surface area contributed by atoms with Crippen LogP contribution in [0.4, 0.5) is 8.78 Å². The molecule has 2 nitrogen and oxygen atoms in total. The quantitative estimate of drug-likeness (QED) is 0.599. The molecule has 0 heterocycles. The Bertz CT molecular complexity index is 377. The zero-order valence-corrected chi connectivity index (χ0v) is 10.4. The van der Waals surface area contributed by atoms with Crippen molar-refractivity contribution in [2.24, 2.45) is 0 Å². The maximum atomic E-state index is 13.7. The minimum absolute atomic E-state index is 0.0561. The number of carbonyl (C=O) groups is 1. The van der Waals surface area contributed by atoms with Gasteiger partial charge >= 0.3 is 5.92 Å². The van der Waals surface area contributed by atoms with E-state index in [0.29, 0.717) is 6.42 Å². The van der Waals surface area contributed by atoms with Crippen LogP contribution in [-0.2, 0) is 0 Å². The van der Waals surface area contributed by atoms with Gasteiger partial charge in [0.15, 0.2) is 0 Å². The van der Waals surface area contributed by atoms with Gasteiger partial charge in [0.1, 0.15) is 6.10 Å². The Balaban J connectivity index is 2.70. The zero-order valence-electron chi connectivity index (χ0n) is 10.4. The predicted molar refractivity (Wildman–Crippen MR) is 65.9 cm³/mol. The Kier molecular flexibility index (Phi) is 5.41. The number of rotatable bonds is 7. The van der Waals surface area contributed by atoms with Crippen LogP contribution in [0.2, 0.25) is 0 Å². The third-order valence-electron chi connectivity index (χ3n) is 2.84. The fourth-order valence-electron chi connectivity index (χ4n) is 1.70. The number of Topliss-reactive ketones (excluding diaryl/α,β-unsaturated/α-hetero) is 1. The van der Waals surface area contributed by atoms with Gasteiger partial charge in [-0.05, 0) is 6.42 Å². The van der Waals surface area contributed by atoms with Crippen molar-refractivity contribution in [3.8, 4) is 0 Å². The maximum Gasteiger partial charge on any atom is 0.334 e. The Labute approximate surface area is 106 Å². The highest BCUT2D eigenvalue weighted by Crippen LogP contribution is 2.27. The first-order chi connectivity index (χ1) is 8.50. The number of aliphatic hydroxyl groups is 1. The Morgan fingerprint density at radius 2 is 1.89 bits per heavy atom. The van der Waals surface area contributed by atoms with E-state index in [9.17, 15) is 18.7 Å². The van der Waals surface area contributed by atoms with Crippen molar-refractivity contribution < 1.29 is 18.7 Å². The molecular weight excluding hydrogens is 238 g/mol. The molecule has 0 bridgehead atoms. The minimum Gasteiger partial charge on any atom is -0.386 e. The van der Waals surface area contributed by atoms with Crippen molar-refractivity contribution in [3.63, 3.8) is 0 Å². The van der Waals surface area contributed by atoms with Gasteiger partial charge in [-0.3, -0.25) is 4.79 Å². The number of hydrogen-bond acceptors (Lipinski definition) is 2. The second kappa shape index (κ2) is 6.59. The third kappa shape index (κ3) is 3.60. The number of carbonyl (C=O) groups excluding carboxylic acids is 1. The Morgan fingerprint density at radius 1 is 1.28 bits per heavy atom. The lowest BCUT2D eigenvalue weighted by molar-refractivity contribution is -0.0805. The molecular formula is C14H18F2O2. The fourth-order valence-corrected chi connectivity index (χ4v) is 1.70. The van der Waals surface area contributed by atoms with Crippen LogP contribution < -0.4 is 0 Å². The molecule has 0 saturated carbocycles. The number of alkyl halides is 2. The van der Waals surface area contributed by atoms with E-state index in [1.165, 1.54) is 24.3 Å². The first-order valence-corrected chi connectivity index (χ1v) is 6.16. The number of benzene rings is 1. The van der Waals surface area contributed by atoms with Crippen molar-refractivity contribution in [2.45, 2.75) is 44.6 Å². The molecule has 100 valence electrons. The average Bonchev–Trinajstić information content (AvgIpc) is 2.39. The summed E-state index contributed by atoms with van der Waals surface area (Å²) >= 11 is 0. The second-order valence-electron chi connectivity index (χ2n) is 4.33. The molecule has 1 aromatic carbocycles. The highest BCUT2D eigenvalue weighted by Gasteiger charge is 2.46. The molecule has 0 fully saturated rings. The van der Waals surface area contributed by atoms with Gasteiger partial charge in [-0.2, -0.15) is 8.78 Å². The van der Waals surface area contributed by atoms with Gasteiger partial charge in [0.25, 0.3) is 0 Å². The minimum atomic E-state index is -3.71. The van der Waals surface area contributed by atoms with E-state index in [1.54, 1.807) is 6.07 Å². The summed E-state index contributed by atoms with van der Waals surface area (Å²) in [5, 5.41) is 9.46. The standard InChI is InChI=1S/C14H18F2O2/c1-2-3-5-10-12(17)14(15,16)13(18)11-8-6-4-7-9-11/h4,6-9,12,17H,2-3,5,10H2,1H3/t12-/m1/s1. The van der Waals surface area contributed by atoms with Crippen LogP contribution in [0.1, 0.15) is 43.0 Å². The van der Waals surface area contributed by atoms with Crippen molar-refractivity contribution in [3.05, 3.63) is 35.9 Å². The van der Waals surface area contributed by atoms with Crippen LogP contribution in [0, 0.1) is 0 Å². The molecule has 1 N–H and O–H groups in total. The van der Waals surface area contributed by atoms with E-state index in [2.05, 4.69) is 0 Å². The molecule has 0 aliphatic heterocycles. The molecule has 0 saturated heterocycles. The Hall–Kier alpha value is -1.29. The molecule has 0 radical (unpaired) electrons. The van der Waals surface area contributed by atoms with Crippen molar-refractivity contribution in [2.75, 3.05) is 0 Å². The van der Waals surface area contributed by atoms with E-state index < -0.39 is 17.8 Å². The lowest BCUT2D eigenvalue weighted by atomic mass is 9.97. The molecule has 18 heavy (non-hydrogen) atoms. The van der Waals surface area contributed by atoms with Gasteiger partial charge in [0, 0.05) is 5.56 Å². The molecule has 0 aliphatic carbocycles. The summed E-state index contributed by atoms with van der Waals surface area (Å²) in [6, 6.07) is 7.34. The van der Waals surface area contributed by atoms with Gasteiger partial charge < -0.3 is 5.11 Å². The number of ketones is 1. The van der Waals surface area contributed by atoms with Gasteiger partial charge in [0.2, 0.25) is 5.78 Å². The van der Waals surface area contributed by atoms with E-state index in [1.807, 2.05) is 6.92 Å². The van der Waals surface area contributed by atoms with Crippen LogP contribution in [-0.4, -0.2) is 22.9 Å². The van der Waals surface area contributed by atoms with Gasteiger partial charge in [-0.1, -0.05) is 56.5 Å². The third-order valence-corrected chi connectivity index (χ3v) is 2.84. The molecule has 0 unspecified atom stereocenters. The maximum absolute atomic E-state index is 13.7. The second-order valence-corrected chi connectivity index (χ2v) is 4.33. The van der Waals surface area contributed by atoms with Gasteiger partial charge in [-0.15, -0.1) is 0 Å². The number of unbranched alkanes of at least 4 members (excludes halogenated alkanes) is 2. The van der Waals surface area contributed by atoms with Crippen LogP contribution in [0.5, 0.6) is 0 Å². The monoisotopic (exact) mass is 256 g/mol. The summed E-state index contributed by atoms with van der Waals surface area (Å²) in [4.78, 5) is 11.6. The molecule has 4 heteroatoms. The molecule has 0 aromatic heterocycles. The lowest BCUT2D eigenvalue weighted by Crippen LogP contribution is -2.41. The zero-order chi connectivity index (χ0) is 13.6. The van der Waals surface area contributed by atoms with Crippen molar-refractivity contribution in [1.29, 1.82) is 0 Å². The summed E-state index contributed by atoms with van der Waals surface area (Å²) in [5.74, 6) is -5.03. The number of hydrogen-bond donors (Lipinski definition) is 1. The molecule has 1 rings (SSSR count). The highest BCUT2D eigenvalue weighted by molar-refractivity contribution is 6.01. The van der Waals surface area contributed by atoms with Crippen LogP contribution in [0.15, 0.2) is 30.3 Å². The predicted octanol–water partition coefficient (Wildman–Crippen LogP) is 3.45. The van der Waals surface area contributed by atoms with Crippen LogP contribution in [0.3, 0.4) is 0 Å². The van der Waals surface area contributed by atoms with E-state index in [0.717, 1.165) is 12.8 Å². The largest absolute Gasteiger partial charge is 0.386 e. The molecule has 1 atom stereocenters. The molecule has 0 spiro atoms. The van der Waals surface area contributed by atoms with Crippen molar-refractivity contribution >= 4 is 5.78 Å². The fraction of sp³-hybridized carbons (Fsp3) is 0.500. The Morgan fingerprint density at radius 3 is 2.44 bits per heavy atom. The summed E-state index contributed by atoms with van der Waals surface area (Å²) in [7, 11) is 0. The SMILES string of the molecule is CCCCC[C@@H](O)C(F)(F)C(=O)c1ccccc1. The normalized spacial score (nSPS) is 13.3. The topological polar surface area (TPSA) is 37.3 Å². The van der Waals surface area contributed by atoms with Crippen LogP contribution >= 0.6 is 0 Å². The first kappa shape index (κ1) is 14.8. The summed E-state index contributed by atoms with van der Waals surface area (Å²) in [5.41, 5.74) is -0.0722. The molecule has 0 aliphatic rings. The van der Waals surface area contributed by atoms with E-state index in [4.69, 9.17) is 0 Å². The van der Waals surface area contributed by atoms with Crippen LogP contribution in [0.25, 0.3) is 0 Å². The van der Waals surface area contributed by atoms with E-state index >= 15 is 0 Å². The molecule has 0 amide bonds. The van der Waals surface area contributed by atoms with Gasteiger partial charge in [-0.25, -0.2) is 0 Å². The number of halogens is 2. The molecule has 1 aromatic rings. The van der Waals surface area contributed by atoms with Crippen molar-refractivity contribution in [1.82, 2.24) is 0 Å². The number of aliphatic hydroxyl groups excluding tert-OH is 1. The van der Waals surface area contributed by atoms with Gasteiger partial charge in [0.05, 0.1) is 0 Å². The lowest BCUT2D eigenvalue weighted by Gasteiger charge is -2.21. The summed E-state index contributed by atoms with van der Waals surface area (Å²) in [6.07, 6.45) is 0.184. The smallest absolute Gasteiger partial charge is 0.334 e. The summed E-state index contributed by atoms with van der Waals surface area (Å²) in [6.45, 7) is 1.94.